The zero-order chi connectivity index (χ0) is 17.9. The molecule has 1 heterocycles. The van der Waals surface area contributed by atoms with Gasteiger partial charge in [0.15, 0.2) is 0 Å². The summed E-state index contributed by atoms with van der Waals surface area (Å²) >= 11 is 0. The van der Waals surface area contributed by atoms with E-state index in [1.54, 1.807) is 22.7 Å². The van der Waals surface area contributed by atoms with Crippen LogP contribution in [0.15, 0.2) is 60.2 Å². The average Bonchev–Trinajstić information content (AvgIpc) is 3.05. The molecule has 132 valence electrons. The van der Waals surface area contributed by atoms with Crippen LogP contribution in [0.5, 0.6) is 0 Å². The predicted molar refractivity (Wildman–Crippen MR) is 102 cm³/mol. The van der Waals surface area contributed by atoms with Gasteiger partial charge in [-0.25, -0.2) is 5.48 Å². The standard InChI is InChI=1S/C22H22N2O2/c25-22(23-26)10-9-16-5-7-17(8-6-16)14-24-12-11-21-19(15-24)13-18-3-1-2-4-20(18)21/h1-10,26H,11-15H2,(H,23,25). The van der Waals surface area contributed by atoms with Crippen molar-refractivity contribution in [2.75, 3.05) is 13.1 Å². The first-order valence-electron chi connectivity index (χ1n) is 8.95. The van der Waals surface area contributed by atoms with Crippen molar-refractivity contribution in [3.63, 3.8) is 0 Å². The Balaban J connectivity index is 1.39. The number of nitrogens with zero attached hydrogens (tertiary/aromatic N) is 1. The fraction of sp³-hybridized carbons (Fsp3) is 0.227. The Morgan fingerprint density at radius 1 is 1.15 bits per heavy atom. The number of carbonyl (C=O) groups excluding carboxylic acids is 1. The van der Waals surface area contributed by atoms with Crippen molar-refractivity contribution < 1.29 is 10.0 Å². The molecule has 26 heavy (non-hydrogen) atoms. The minimum absolute atomic E-state index is 0.524. The third-order valence-electron chi connectivity index (χ3n) is 5.19. The van der Waals surface area contributed by atoms with Crippen LogP contribution in [-0.2, 0) is 17.8 Å². The van der Waals surface area contributed by atoms with Gasteiger partial charge in [0, 0.05) is 25.7 Å². The summed E-state index contributed by atoms with van der Waals surface area (Å²) in [7, 11) is 0. The predicted octanol–water partition coefficient (Wildman–Crippen LogP) is 3.42. The Bertz CT molecular complexity index is 881. The van der Waals surface area contributed by atoms with Crippen molar-refractivity contribution >= 4 is 17.6 Å². The monoisotopic (exact) mass is 346 g/mol. The second-order valence-electron chi connectivity index (χ2n) is 6.93. The molecule has 0 fully saturated rings. The highest BCUT2D eigenvalue weighted by Crippen LogP contribution is 2.38. The first-order chi connectivity index (χ1) is 12.7. The van der Waals surface area contributed by atoms with Gasteiger partial charge in [0.2, 0.25) is 0 Å². The molecule has 0 bridgehead atoms. The minimum atomic E-state index is -0.524. The van der Waals surface area contributed by atoms with Gasteiger partial charge in [0.25, 0.3) is 5.91 Å². The summed E-state index contributed by atoms with van der Waals surface area (Å²) in [6.45, 7) is 3.07. The number of benzene rings is 2. The molecule has 0 atom stereocenters. The fourth-order valence-corrected chi connectivity index (χ4v) is 3.91. The molecule has 2 aromatic rings. The summed E-state index contributed by atoms with van der Waals surface area (Å²) in [5.41, 5.74) is 9.88. The second kappa shape index (κ2) is 7.28. The van der Waals surface area contributed by atoms with E-state index >= 15 is 0 Å². The molecule has 1 aliphatic carbocycles. The maximum Gasteiger partial charge on any atom is 0.267 e. The molecule has 0 aromatic heterocycles. The summed E-state index contributed by atoms with van der Waals surface area (Å²) in [5, 5.41) is 8.50. The maximum atomic E-state index is 11.0. The van der Waals surface area contributed by atoms with Crippen LogP contribution in [0.2, 0.25) is 0 Å². The largest absolute Gasteiger partial charge is 0.295 e. The summed E-state index contributed by atoms with van der Waals surface area (Å²) in [5.74, 6) is -0.524. The molecule has 1 aliphatic heterocycles. The van der Waals surface area contributed by atoms with Gasteiger partial charge in [-0.05, 0) is 52.3 Å². The molecular weight excluding hydrogens is 324 g/mol. The SMILES string of the molecule is O=C(C=Cc1ccc(CN2CCC3=C(Cc4ccccc43)C2)cc1)NO. The van der Waals surface area contributed by atoms with Crippen molar-refractivity contribution in [2.45, 2.75) is 19.4 Å². The first-order valence-corrected chi connectivity index (χ1v) is 8.95. The smallest absolute Gasteiger partial charge is 0.267 e. The Morgan fingerprint density at radius 2 is 1.96 bits per heavy atom. The van der Waals surface area contributed by atoms with Crippen LogP contribution in [0.3, 0.4) is 0 Å². The number of hydroxylamine groups is 1. The number of carbonyl (C=O) groups is 1. The lowest BCUT2D eigenvalue weighted by atomic mass is 9.99. The highest BCUT2D eigenvalue weighted by Gasteiger charge is 2.26. The fourth-order valence-electron chi connectivity index (χ4n) is 3.91. The van der Waals surface area contributed by atoms with Gasteiger partial charge in [-0.1, -0.05) is 48.5 Å². The van der Waals surface area contributed by atoms with Gasteiger partial charge < -0.3 is 0 Å². The zero-order valence-electron chi connectivity index (χ0n) is 14.6. The highest BCUT2D eigenvalue weighted by atomic mass is 16.5. The van der Waals surface area contributed by atoms with Crippen molar-refractivity contribution in [3.8, 4) is 0 Å². The van der Waals surface area contributed by atoms with Gasteiger partial charge in [-0.2, -0.15) is 0 Å². The van der Waals surface area contributed by atoms with Crippen molar-refractivity contribution in [3.05, 3.63) is 82.4 Å². The molecule has 0 radical (unpaired) electrons. The van der Waals surface area contributed by atoms with E-state index in [4.69, 9.17) is 5.21 Å². The van der Waals surface area contributed by atoms with Crippen LogP contribution in [0.4, 0.5) is 0 Å². The second-order valence-corrected chi connectivity index (χ2v) is 6.93. The Morgan fingerprint density at radius 3 is 2.77 bits per heavy atom. The van der Waals surface area contributed by atoms with Crippen molar-refractivity contribution in [1.29, 1.82) is 0 Å². The normalized spacial score (nSPS) is 16.7. The van der Waals surface area contributed by atoms with E-state index in [9.17, 15) is 4.79 Å². The lowest BCUT2D eigenvalue weighted by Gasteiger charge is -2.28. The number of hydrogen-bond donors (Lipinski definition) is 2. The number of amides is 1. The highest BCUT2D eigenvalue weighted by molar-refractivity contribution is 5.90. The minimum Gasteiger partial charge on any atom is -0.295 e. The Kier molecular flexibility index (Phi) is 4.69. The molecule has 2 N–H and O–H groups in total. The summed E-state index contributed by atoms with van der Waals surface area (Å²) in [4.78, 5) is 13.5. The van der Waals surface area contributed by atoms with Crippen LogP contribution < -0.4 is 5.48 Å². The molecule has 1 amide bonds. The Hall–Kier alpha value is -2.69. The average molecular weight is 346 g/mol. The van der Waals surface area contributed by atoms with E-state index in [-0.39, 0.29) is 0 Å². The van der Waals surface area contributed by atoms with Gasteiger partial charge >= 0.3 is 0 Å². The van der Waals surface area contributed by atoms with Crippen LogP contribution in [-0.4, -0.2) is 29.1 Å². The first kappa shape index (κ1) is 16.8. The number of rotatable bonds is 4. The zero-order valence-corrected chi connectivity index (χ0v) is 14.6. The summed E-state index contributed by atoms with van der Waals surface area (Å²) in [6, 6.07) is 17.0. The quantitative estimate of drug-likeness (QED) is 0.507. The molecule has 0 spiro atoms. The molecule has 0 unspecified atom stereocenters. The van der Waals surface area contributed by atoms with Gasteiger partial charge in [0.1, 0.15) is 0 Å². The third kappa shape index (κ3) is 3.47. The molecule has 2 aliphatic rings. The number of fused-ring (bicyclic) bond motifs is 2. The lowest BCUT2D eigenvalue weighted by Crippen LogP contribution is -2.30. The maximum absolute atomic E-state index is 11.0. The van der Waals surface area contributed by atoms with Gasteiger partial charge in [-0.3, -0.25) is 14.9 Å². The van der Waals surface area contributed by atoms with E-state index in [1.807, 2.05) is 12.1 Å². The molecule has 4 nitrogen and oxygen atoms in total. The van der Waals surface area contributed by atoms with Crippen LogP contribution >= 0.6 is 0 Å². The molecular formula is C22H22N2O2. The topological polar surface area (TPSA) is 52.6 Å². The van der Waals surface area contributed by atoms with Crippen LogP contribution in [0.25, 0.3) is 11.6 Å². The van der Waals surface area contributed by atoms with Crippen molar-refractivity contribution in [1.82, 2.24) is 10.4 Å². The summed E-state index contributed by atoms with van der Waals surface area (Å²) in [6.07, 6.45) is 5.22. The Labute approximate surface area is 153 Å². The van der Waals surface area contributed by atoms with E-state index < -0.39 is 5.91 Å². The molecule has 0 saturated carbocycles. The van der Waals surface area contributed by atoms with E-state index in [0.29, 0.717) is 0 Å². The van der Waals surface area contributed by atoms with E-state index in [0.717, 1.165) is 38.0 Å². The molecule has 0 saturated heterocycles. The molecule has 2 aromatic carbocycles. The third-order valence-corrected chi connectivity index (χ3v) is 5.19. The number of hydrogen-bond acceptors (Lipinski definition) is 3. The van der Waals surface area contributed by atoms with Gasteiger partial charge in [-0.15, -0.1) is 0 Å². The van der Waals surface area contributed by atoms with Crippen LogP contribution in [0, 0.1) is 0 Å². The molecule has 4 heteroatoms. The van der Waals surface area contributed by atoms with Crippen LogP contribution in [0.1, 0.15) is 28.7 Å². The lowest BCUT2D eigenvalue weighted by molar-refractivity contribution is -0.124. The summed E-state index contributed by atoms with van der Waals surface area (Å²) < 4.78 is 0. The van der Waals surface area contributed by atoms with E-state index in [2.05, 4.69) is 41.3 Å². The van der Waals surface area contributed by atoms with Gasteiger partial charge in [0.05, 0.1) is 0 Å². The van der Waals surface area contributed by atoms with E-state index in [1.165, 1.54) is 22.8 Å². The van der Waals surface area contributed by atoms with Crippen molar-refractivity contribution in [2.24, 2.45) is 0 Å². The number of nitrogens with one attached hydrogen (secondary N) is 1. The molecule has 4 rings (SSSR count).